The summed E-state index contributed by atoms with van der Waals surface area (Å²) in [6.07, 6.45) is 5.54. The number of pyridine rings is 1. The molecule has 140 valence electrons. The third kappa shape index (κ3) is 3.52. The van der Waals surface area contributed by atoms with Crippen molar-refractivity contribution >= 4 is 17.5 Å². The molecule has 4 rings (SSSR count). The number of carbonyl (C=O) groups excluding carboxylic acids is 2. The zero-order valence-electron chi connectivity index (χ0n) is 15.3. The SMILES string of the molecule is O=C(c1ccncc1)N1CCC(Nc2ccccc2)(C(=O)N2CCC2)CC1. The molecule has 0 aliphatic carbocycles. The van der Waals surface area contributed by atoms with E-state index in [0.717, 1.165) is 25.2 Å². The van der Waals surface area contributed by atoms with Gasteiger partial charge in [0, 0.05) is 49.8 Å². The van der Waals surface area contributed by atoms with Gasteiger partial charge in [0.25, 0.3) is 5.91 Å². The van der Waals surface area contributed by atoms with Gasteiger partial charge in [-0.05, 0) is 43.5 Å². The van der Waals surface area contributed by atoms with Gasteiger partial charge in [0.05, 0.1) is 0 Å². The van der Waals surface area contributed by atoms with Crippen molar-refractivity contribution in [2.24, 2.45) is 0 Å². The number of anilines is 1. The number of rotatable bonds is 4. The molecule has 6 heteroatoms. The number of para-hydroxylation sites is 1. The molecule has 2 fully saturated rings. The smallest absolute Gasteiger partial charge is 0.253 e. The van der Waals surface area contributed by atoms with Crippen molar-refractivity contribution in [3.8, 4) is 0 Å². The molecule has 0 bridgehead atoms. The molecule has 0 atom stereocenters. The Hall–Kier alpha value is -2.89. The van der Waals surface area contributed by atoms with E-state index >= 15 is 0 Å². The third-order valence-electron chi connectivity index (χ3n) is 5.54. The lowest BCUT2D eigenvalue weighted by molar-refractivity contribution is -0.141. The summed E-state index contributed by atoms with van der Waals surface area (Å²) in [6, 6.07) is 13.3. The molecule has 2 aliphatic heterocycles. The first-order valence-corrected chi connectivity index (χ1v) is 9.50. The molecule has 0 radical (unpaired) electrons. The van der Waals surface area contributed by atoms with Gasteiger partial charge in [-0.25, -0.2) is 0 Å². The summed E-state index contributed by atoms with van der Waals surface area (Å²) in [5.41, 5.74) is 0.944. The number of piperidine rings is 1. The van der Waals surface area contributed by atoms with Gasteiger partial charge >= 0.3 is 0 Å². The molecule has 0 saturated carbocycles. The van der Waals surface area contributed by atoms with Crippen LogP contribution < -0.4 is 5.32 Å². The minimum atomic E-state index is -0.642. The lowest BCUT2D eigenvalue weighted by Gasteiger charge is -2.46. The summed E-state index contributed by atoms with van der Waals surface area (Å²) >= 11 is 0. The largest absolute Gasteiger partial charge is 0.371 e. The van der Waals surface area contributed by atoms with Gasteiger partial charge in [-0.2, -0.15) is 0 Å². The number of amides is 2. The van der Waals surface area contributed by atoms with Crippen LogP contribution in [0.5, 0.6) is 0 Å². The molecule has 0 unspecified atom stereocenters. The van der Waals surface area contributed by atoms with Crippen LogP contribution in [0.3, 0.4) is 0 Å². The zero-order chi connectivity index (χ0) is 18.7. The summed E-state index contributed by atoms with van der Waals surface area (Å²) in [7, 11) is 0. The van der Waals surface area contributed by atoms with E-state index in [1.165, 1.54) is 0 Å². The van der Waals surface area contributed by atoms with Gasteiger partial charge < -0.3 is 15.1 Å². The lowest BCUT2D eigenvalue weighted by Crippen LogP contribution is -2.62. The monoisotopic (exact) mass is 364 g/mol. The molecule has 6 nitrogen and oxygen atoms in total. The maximum Gasteiger partial charge on any atom is 0.253 e. The van der Waals surface area contributed by atoms with Crippen molar-refractivity contribution in [1.29, 1.82) is 0 Å². The molecule has 2 amide bonds. The van der Waals surface area contributed by atoms with Crippen LogP contribution in [-0.2, 0) is 4.79 Å². The number of aromatic nitrogens is 1. The Kier molecular flexibility index (Phi) is 4.79. The van der Waals surface area contributed by atoms with Crippen LogP contribution >= 0.6 is 0 Å². The Morgan fingerprint density at radius 3 is 2.15 bits per heavy atom. The maximum atomic E-state index is 13.2. The molecule has 2 saturated heterocycles. The summed E-state index contributed by atoms with van der Waals surface area (Å²) in [6.45, 7) is 2.77. The second-order valence-electron chi connectivity index (χ2n) is 7.25. The average Bonchev–Trinajstić information content (AvgIpc) is 2.68. The van der Waals surface area contributed by atoms with Gasteiger partial charge in [-0.15, -0.1) is 0 Å². The highest BCUT2D eigenvalue weighted by Crippen LogP contribution is 2.31. The fraction of sp³-hybridized carbons (Fsp3) is 0.381. The highest BCUT2D eigenvalue weighted by Gasteiger charge is 2.45. The summed E-state index contributed by atoms with van der Waals surface area (Å²) in [5.74, 6) is 0.163. The van der Waals surface area contributed by atoms with Crippen LogP contribution in [0.25, 0.3) is 0 Å². The molecule has 0 spiro atoms. The maximum absolute atomic E-state index is 13.2. The Morgan fingerprint density at radius 2 is 1.56 bits per heavy atom. The van der Waals surface area contributed by atoms with Gasteiger partial charge in [0.1, 0.15) is 5.54 Å². The zero-order valence-corrected chi connectivity index (χ0v) is 15.3. The fourth-order valence-corrected chi connectivity index (χ4v) is 3.78. The number of likely N-dealkylation sites (tertiary alicyclic amines) is 2. The molecule has 3 heterocycles. The number of benzene rings is 1. The van der Waals surface area contributed by atoms with Crippen LogP contribution in [0.1, 0.15) is 29.6 Å². The Morgan fingerprint density at radius 1 is 0.889 bits per heavy atom. The first kappa shape index (κ1) is 17.5. The van der Waals surface area contributed by atoms with E-state index in [9.17, 15) is 9.59 Å². The molecule has 2 aliphatic rings. The molecule has 1 N–H and O–H groups in total. The second-order valence-corrected chi connectivity index (χ2v) is 7.25. The predicted molar refractivity (Wildman–Crippen MR) is 103 cm³/mol. The number of nitrogens with zero attached hydrogens (tertiary/aromatic N) is 3. The standard InChI is InChI=1S/C21H24N4O2/c26-19(17-7-11-22-12-8-17)24-15-9-21(10-16-24,20(27)25-13-4-14-25)23-18-5-2-1-3-6-18/h1-3,5-8,11-12,23H,4,9-10,13-16H2. The van der Waals surface area contributed by atoms with Crippen molar-refractivity contribution in [1.82, 2.24) is 14.8 Å². The van der Waals surface area contributed by atoms with Crippen LogP contribution in [0, 0.1) is 0 Å². The van der Waals surface area contributed by atoms with E-state index < -0.39 is 5.54 Å². The first-order valence-electron chi connectivity index (χ1n) is 9.50. The molecule has 1 aromatic carbocycles. The highest BCUT2D eigenvalue weighted by molar-refractivity contribution is 5.95. The summed E-state index contributed by atoms with van der Waals surface area (Å²) in [4.78, 5) is 33.7. The van der Waals surface area contributed by atoms with Crippen molar-refractivity contribution in [2.45, 2.75) is 24.8 Å². The van der Waals surface area contributed by atoms with Crippen molar-refractivity contribution in [3.63, 3.8) is 0 Å². The highest BCUT2D eigenvalue weighted by atomic mass is 16.2. The first-order chi connectivity index (χ1) is 13.2. The number of hydrogen-bond acceptors (Lipinski definition) is 4. The van der Waals surface area contributed by atoms with Crippen molar-refractivity contribution in [2.75, 3.05) is 31.5 Å². The number of carbonyl (C=O) groups is 2. The molecule has 27 heavy (non-hydrogen) atoms. The molecular formula is C21H24N4O2. The van der Waals surface area contributed by atoms with Crippen LogP contribution in [0.4, 0.5) is 5.69 Å². The quantitative estimate of drug-likeness (QED) is 0.905. The third-order valence-corrected chi connectivity index (χ3v) is 5.54. The minimum Gasteiger partial charge on any atom is -0.371 e. The van der Waals surface area contributed by atoms with E-state index in [1.807, 2.05) is 40.1 Å². The minimum absolute atomic E-state index is 0.00195. The van der Waals surface area contributed by atoms with E-state index in [-0.39, 0.29) is 11.8 Å². The predicted octanol–water partition coefficient (Wildman–Crippen LogP) is 2.40. The van der Waals surface area contributed by atoms with E-state index in [0.29, 0.717) is 31.5 Å². The van der Waals surface area contributed by atoms with Gasteiger partial charge in [0.2, 0.25) is 5.91 Å². The lowest BCUT2D eigenvalue weighted by atomic mass is 9.84. The van der Waals surface area contributed by atoms with Crippen LogP contribution in [0.15, 0.2) is 54.9 Å². The second kappa shape index (κ2) is 7.39. The van der Waals surface area contributed by atoms with Gasteiger partial charge in [0.15, 0.2) is 0 Å². The number of nitrogens with one attached hydrogen (secondary N) is 1. The van der Waals surface area contributed by atoms with Gasteiger partial charge in [-0.3, -0.25) is 14.6 Å². The summed E-state index contributed by atoms with van der Waals surface area (Å²) in [5, 5.41) is 3.50. The van der Waals surface area contributed by atoms with E-state index in [2.05, 4.69) is 10.3 Å². The topological polar surface area (TPSA) is 65.5 Å². The van der Waals surface area contributed by atoms with E-state index in [4.69, 9.17) is 0 Å². The van der Waals surface area contributed by atoms with Crippen molar-refractivity contribution < 1.29 is 9.59 Å². The molecular weight excluding hydrogens is 340 g/mol. The van der Waals surface area contributed by atoms with Crippen LogP contribution in [0.2, 0.25) is 0 Å². The van der Waals surface area contributed by atoms with Gasteiger partial charge in [-0.1, -0.05) is 18.2 Å². The number of hydrogen-bond donors (Lipinski definition) is 1. The average molecular weight is 364 g/mol. The normalized spacial score (nSPS) is 18.5. The summed E-state index contributed by atoms with van der Waals surface area (Å²) < 4.78 is 0. The van der Waals surface area contributed by atoms with E-state index in [1.54, 1.807) is 24.5 Å². The Labute approximate surface area is 159 Å². The Bertz CT molecular complexity index is 797. The molecule has 2 aromatic rings. The van der Waals surface area contributed by atoms with Crippen LogP contribution in [-0.4, -0.2) is 58.3 Å². The molecule has 1 aromatic heterocycles. The van der Waals surface area contributed by atoms with Crippen molar-refractivity contribution in [3.05, 3.63) is 60.4 Å². The Balaban J connectivity index is 1.51. The fourth-order valence-electron chi connectivity index (χ4n) is 3.78.